The van der Waals surface area contributed by atoms with Gasteiger partial charge in [0.1, 0.15) is 12.4 Å². The van der Waals surface area contributed by atoms with Crippen LogP contribution in [0.15, 0.2) is 24.3 Å². The highest BCUT2D eigenvalue weighted by atomic mass is 35.5. The quantitative estimate of drug-likeness (QED) is 0.767. The fourth-order valence-corrected chi connectivity index (χ4v) is 1.74. The Morgan fingerprint density at radius 3 is 2.87 bits per heavy atom. The van der Waals surface area contributed by atoms with Crippen molar-refractivity contribution in [2.24, 2.45) is 0 Å². The molecule has 2 N–H and O–H groups in total. The van der Waals surface area contributed by atoms with Gasteiger partial charge in [-0.1, -0.05) is 18.2 Å². The molecular formula is C11H16ClNO2. The minimum atomic E-state index is -0.425. The lowest BCUT2D eigenvalue weighted by molar-refractivity contribution is 0.153. The van der Waals surface area contributed by atoms with E-state index in [-0.39, 0.29) is 18.4 Å². The number of likely N-dealkylation sites (N-methyl/N-ethyl adjacent to an activating group) is 1. The first-order chi connectivity index (χ1) is 6.81. The van der Waals surface area contributed by atoms with Gasteiger partial charge < -0.3 is 15.2 Å². The number of aliphatic hydroxyl groups excluding tert-OH is 1. The molecule has 0 spiro atoms. The van der Waals surface area contributed by atoms with E-state index in [9.17, 15) is 5.11 Å². The molecule has 0 saturated heterocycles. The van der Waals surface area contributed by atoms with Crippen LogP contribution in [0.25, 0.3) is 0 Å². The first kappa shape index (κ1) is 12.3. The number of rotatable bonds is 1. The Balaban J connectivity index is 0.00000112. The van der Waals surface area contributed by atoms with Gasteiger partial charge in [0.2, 0.25) is 0 Å². The largest absolute Gasteiger partial charge is 0.492 e. The van der Waals surface area contributed by atoms with Crippen LogP contribution in [0.1, 0.15) is 18.1 Å². The summed E-state index contributed by atoms with van der Waals surface area (Å²) in [5.41, 5.74) is 0.894. The molecule has 4 heteroatoms. The van der Waals surface area contributed by atoms with Crippen LogP contribution < -0.4 is 10.1 Å². The molecule has 1 aromatic rings. The minimum Gasteiger partial charge on any atom is -0.492 e. The number of hydrogen-bond acceptors (Lipinski definition) is 3. The Morgan fingerprint density at radius 2 is 2.13 bits per heavy atom. The zero-order valence-electron chi connectivity index (χ0n) is 8.64. The second-order valence-electron chi connectivity index (χ2n) is 3.59. The summed E-state index contributed by atoms with van der Waals surface area (Å²) in [5.74, 6) is 0.803. The topological polar surface area (TPSA) is 41.5 Å². The zero-order valence-corrected chi connectivity index (χ0v) is 9.46. The number of fused-ring (bicyclic) bond motifs is 1. The van der Waals surface area contributed by atoms with Crippen molar-refractivity contribution in [1.29, 1.82) is 0 Å². The molecule has 3 nitrogen and oxygen atoms in total. The maximum atomic E-state index is 9.92. The summed E-state index contributed by atoms with van der Waals surface area (Å²) < 4.78 is 5.60. The average Bonchev–Trinajstić information content (AvgIpc) is 2.39. The van der Waals surface area contributed by atoms with E-state index in [0.717, 1.165) is 11.3 Å². The van der Waals surface area contributed by atoms with E-state index in [1.807, 2.05) is 31.3 Å². The lowest BCUT2D eigenvalue weighted by Gasteiger charge is -2.14. The predicted octanol–water partition coefficient (Wildman–Crippen LogP) is 1.51. The van der Waals surface area contributed by atoms with Gasteiger partial charge in [-0.25, -0.2) is 0 Å². The van der Waals surface area contributed by atoms with Crippen LogP contribution in [0.4, 0.5) is 0 Å². The molecule has 1 aliphatic heterocycles. The molecule has 0 aromatic heterocycles. The normalized spacial score (nSPS) is 24.4. The van der Waals surface area contributed by atoms with Gasteiger partial charge >= 0.3 is 0 Å². The van der Waals surface area contributed by atoms with Crippen LogP contribution in [0.2, 0.25) is 0 Å². The van der Waals surface area contributed by atoms with Crippen LogP contribution in [0, 0.1) is 0 Å². The third-order valence-corrected chi connectivity index (χ3v) is 2.63. The molecule has 0 saturated carbocycles. The number of benzene rings is 1. The molecule has 0 amide bonds. The van der Waals surface area contributed by atoms with E-state index in [2.05, 4.69) is 5.32 Å². The van der Waals surface area contributed by atoms with E-state index < -0.39 is 6.10 Å². The Bertz CT molecular complexity index is 319. The Kier molecular flexibility index (Phi) is 4.39. The standard InChI is InChI=1S/C11H15NO2.ClH/c1-12-8-6-10(13)9-4-2-3-5-11(9)14-7-8;/h2-5,8,10,12-13H,6-7H2,1H3;1H/t8-,10-;/m0./s1. The minimum absolute atomic E-state index is 0. The van der Waals surface area contributed by atoms with Crippen molar-refractivity contribution in [2.45, 2.75) is 18.6 Å². The summed E-state index contributed by atoms with van der Waals surface area (Å²) in [6.45, 7) is 0.616. The van der Waals surface area contributed by atoms with Gasteiger partial charge in [-0.15, -0.1) is 12.4 Å². The first-order valence-electron chi connectivity index (χ1n) is 4.88. The van der Waals surface area contributed by atoms with Crippen LogP contribution in [-0.4, -0.2) is 24.8 Å². The molecular weight excluding hydrogens is 214 g/mol. The number of nitrogens with one attached hydrogen (secondary N) is 1. The van der Waals surface area contributed by atoms with E-state index >= 15 is 0 Å². The second kappa shape index (κ2) is 5.35. The summed E-state index contributed by atoms with van der Waals surface area (Å²) in [6, 6.07) is 7.88. The molecule has 2 atom stereocenters. The molecule has 15 heavy (non-hydrogen) atoms. The van der Waals surface area contributed by atoms with Gasteiger partial charge in [-0.2, -0.15) is 0 Å². The van der Waals surface area contributed by atoms with Crippen LogP contribution >= 0.6 is 12.4 Å². The fourth-order valence-electron chi connectivity index (χ4n) is 1.74. The molecule has 0 fully saturated rings. The molecule has 0 aliphatic carbocycles. The Hall–Kier alpha value is -0.770. The molecule has 2 rings (SSSR count). The third kappa shape index (κ3) is 2.62. The van der Waals surface area contributed by atoms with E-state index in [1.165, 1.54) is 0 Å². The van der Waals surface area contributed by atoms with Crippen molar-refractivity contribution in [3.8, 4) is 5.75 Å². The third-order valence-electron chi connectivity index (χ3n) is 2.63. The van der Waals surface area contributed by atoms with Crippen LogP contribution in [0.3, 0.4) is 0 Å². The lowest BCUT2D eigenvalue weighted by Crippen LogP contribution is -2.31. The maximum absolute atomic E-state index is 9.92. The summed E-state index contributed by atoms with van der Waals surface area (Å²) in [4.78, 5) is 0. The summed E-state index contributed by atoms with van der Waals surface area (Å²) >= 11 is 0. The molecule has 1 heterocycles. The van der Waals surface area contributed by atoms with Crippen LogP contribution in [0.5, 0.6) is 5.75 Å². The maximum Gasteiger partial charge on any atom is 0.125 e. The van der Waals surface area contributed by atoms with Gasteiger partial charge in [0, 0.05) is 11.6 Å². The molecule has 0 unspecified atom stereocenters. The van der Waals surface area contributed by atoms with E-state index in [1.54, 1.807) is 0 Å². The fraction of sp³-hybridized carbons (Fsp3) is 0.455. The summed E-state index contributed by atoms with van der Waals surface area (Å²) in [6.07, 6.45) is 0.277. The van der Waals surface area contributed by atoms with Crippen LogP contribution in [-0.2, 0) is 0 Å². The van der Waals surface area contributed by atoms with Crippen molar-refractivity contribution in [3.63, 3.8) is 0 Å². The van der Waals surface area contributed by atoms with Gasteiger partial charge in [0.15, 0.2) is 0 Å². The second-order valence-corrected chi connectivity index (χ2v) is 3.59. The number of para-hydroxylation sites is 1. The van der Waals surface area contributed by atoms with Crippen molar-refractivity contribution in [1.82, 2.24) is 5.32 Å². The molecule has 1 aromatic carbocycles. The zero-order chi connectivity index (χ0) is 9.97. The van der Waals surface area contributed by atoms with Gasteiger partial charge in [-0.05, 0) is 19.5 Å². The number of ether oxygens (including phenoxy) is 1. The number of hydrogen-bond donors (Lipinski definition) is 2. The first-order valence-corrected chi connectivity index (χ1v) is 4.88. The van der Waals surface area contributed by atoms with Gasteiger partial charge in [0.25, 0.3) is 0 Å². The molecule has 1 aliphatic rings. The van der Waals surface area contributed by atoms with Crippen molar-refractivity contribution in [3.05, 3.63) is 29.8 Å². The Morgan fingerprint density at radius 1 is 1.40 bits per heavy atom. The SMILES string of the molecule is CN[C@@H]1COc2ccccc2[C@@H](O)C1.Cl. The highest BCUT2D eigenvalue weighted by Crippen LogP contribution is 2.30. The van der Waals surface area contributed by atoms with E-state index in [4.69, 9.17) is 4.74 Å². The number of halogens is 1. The lowest BCUT2D eigenvalue weighted by atomic mass is 10.0. The van der Waals surface area contributed by atoms with Crippen molar-refractivity contribution >= 4 is 12.4 Å². The average molecular weight is 230 g/mol. The van der Waals surface area contributed by atoms with Crippen molar-refractivity contribution in [2.75, 3.05) is 13.7 Å². The number of aliphatic hydroxyl groups is 1. The molecule has 0 bridgehead atoms. The predicted molar refractivity (Wildman–Crippen MR) is 61.6 cm³/mol. The summed E-state index contributed by atoms with van der Waals surface area (Å²) in [5, 5.41) is 13.0. The van der Waals surface area contributed by atoms with Gasteiger partial charge in [-0.3, -0.25) is 0 Å². The molecule has 0 radical (unpaired) electrons. The van der Waals surface area contributed by atoms with Gasteiger partial charge in [0.05, 0.1) is 6.10 Å². The van der Waals surface area contributed by atoms with Crippen molar-refractivity contribution < 1.29 is 9.84 Å². The highest BCUT2D eigenvalue weighted by molar-refractivity contribution is 5.85. The molecule has 84 valence electrons. The smallest absolute Gasteiger partial charge is 0.125 e. The summed E-state index contributed by atoms with van der Waals surface area (Å²) in [7, 11) is 1.89. The monoisotopic (exact) mass is 229 g/mol. The highest BCUT2D eigenvalue weighted by Gasteiger charge is 2.22. The van der Waals surface area contributed by atoms with E-state index in [0.29, 0.717) is 13.0 Å². The Labute approximate surface area is 95.9 Å².